The highest BCUT2D eigenvalue weighted by molar-refractivity contribution is 6.01. The van der Waals surface area contributed by atoms with Crippen LogP contribution in [-0.4, -0.2) is 39.8 Å². The number of aryl methyl sites for hydroxylation is 2. The van der Waals surface area contributed by atoms with Crippen molar-refractivity contribution in [2.75, 3.05) is 0 Å². The summed E-state index contributed by atoms with van der Waals surface area (Å²) in [6.07, 6.45) is 4.81. The minimum atomic E-state index is -0.992. The lowest BCUT2D eigenvalue weighted by molar-refractivity contribution is 0.0938. The Hall–Kier alpha value is -5.56. The molecule has 4 heterocycles. The van der Waals surface area contributed by atoms with Crippen molar-refractivity contribution in [1.82, 2.24) is 39.2 Å². The molecule has 1 unspecified atom stereocenters. The number of aromatic nitrogens is 7. The van der Waals surface area contributed by atoms with Crippen LogP contribution < -0.4 is 10.9 Å². The van der Waals surface area contributed by atoms with Crippen molar-refractivity contribution in [3.05, 3.63) is 117 Å². The summed E-state index contributed by atoms with van der Waals surface area (Å²) >= 11 is 0. The van der Waals surface area contributed by atoms with Gasteiger partial charge in [0.05, 0.1) is 52.6 Å². The van der Waals surface area contributed by atoms with E-state index in [1.165, 1.54) is 10.7 Å². The summed E-state index contributed by atoms with van der Waals surface area (Å²) in [6.45, 7) is 5.11. The van der Waals surface area contributed by atoms with Crippen molar-refractivity contribution in [1.29, 1.82) is 0 Å². The van der Waals surface area contributed by atoms with Crippen LogP contribution >= 0.6 is 0 Å². The van der Waals surface area contributed by atoms with Crippen molar-refractivity contribution in [2.24, 2.45) is 7.05 Å². The third kappa shape index (κ3) is 4.53. The molecule has 0 radical (unpaired) electrons. The third-order valence-corrected chi connectivity index (χ3v) is 6.73. The fraction of sp³-hybridized carbons (Fsp3) is 0.161. The van der Waals surface area contributed by atoms with Crippen molar-refractivity contribution in [2.45, 2.75) is 26.8 Å². The average molecular weight is 548 g/mol. The molecule has 0 bridgehead atoms. The van der Waals surface area contributed by atoms with Gasteiger partial charge in [0.2, 0.25) is 0 Å². The van der Waals surface area contributed by atoms with E-state index in [1.54, 1.807) is 62.2 Å². The first-order valence-electron chi connectivity index (χ1n) is 15.1. The lowest BCUT2D eigenvalue weighted by Gasteiger charge is -2.20. The predicted octanol–water partition coefficient (Wildman–Crippen LogP) is 3.67. The Balaban J connectivity index is 1.58. The van der Waals surface area contributed by atoms with Gasteiger partial charge in [0.25, 0.3) is 11.5 Å². The van der Waals surface area contributed by atoms with Gasteiger partial charge in [-0.3, -0.25) is 18.8 Å². The number of hydrogen-bond donors (Lipinski definition) is 1. The molecule has 0 spiro atoms. The number of nitrogens with one attached hydrogen (secondary N) is 1. The lowest BCUT2D eigenvalue weighted by atomic mass is 10.1. The Bertz CT molecular complexity index is 2340. The molecule has 10 heteroatoms. The van der Waals surface area contributed by atoms with Gasteiger partial charge in [-0.05, 0) is 51.1 Å². The standard InChI is InChI=1S/C31H26N8O2/c1-19-26(29-32-16-9-17-38(29)36-19)30(40)34-20(2)28-35-25-13-8-10-22(14-15-23-18-33-37(4)21(23)3)27(25)31(41)39(28)24-11-6-5-7-12-24/h5-13,16-18,20H,1-4H3,(H,34,40)/i5D,6D,7D,11D,12D. The monoisotopic (exact) mass is 547 g/mol. The maximum Gasteiger partial charge on any atom is 0.267 e. The summed E-state index contributed by atoms with van der Waals surface area (Å²) in [6, 6.07) is 2.55. The van der Waals surface area contributed by atoms with Crippen LogP contribution in [0.1, 0.15) is 58.5 Å². The topological polar surface area (TPSA) is 112 Å². The first-order chi connectivity index (χ1) is 21.9. The number of para-hydroxylation sites is 1. The maximum absolute atomic E-state index is 14.5. The molecule has 1 amide bonds. The summed E-state index contributed by atoms with van der Waals surface area (Å²) in [4.78, 5) is 37.1. The molecular weight excluding hydrogens is 516 g/mol. The van der Waals surface area contributed by atoms with Crippen LogP contribution in [0.4, 0.5) is 0 Å². The number of hydrogen-bond acceptors (Lipinski definition) is 6. The van der Waals surface area contributed by atoms with Gasteiger partial charge < -0.3 is 5.32 Å². The molecular formula is C31H26N8O2. The van der Waals surface area contributed by atoms with E-state index in [2.05, 4.69) is 32.3 Å². The second-order valence-electron chi connectivity index (χ2n) is 9.34. The number of carbonyl (C=O) groups is 1. The molecule has 0 aliphatic carbocycles. The summed E-state index contributed by atoms with van der Waals surface area (Å²) in [7, 11) is 1.79. The molecule has 2 aromatic carbocycles. The highest BCUT2D eigenvalue weighted by Crippen LogP contribution is 2.21. The van der Waals surface area contributed by atoms with E-state index in [0.717, 1.165) is 10.3 Å². The van der Waals surface area contributed by atoms with Crippen LogP contribution in [-0.2, 0) is 7.05 Å². The van der Waals surface area contributed by atoms with Gasteiger partial charge in [-0.2, -0.15) is 10.2 Å². The molecule has 10 nitrogen and oxygen atoms in total. The second-order valence-corrected chi connectivity index (χ2v) is 9.34. The summed E-state index contributed by atoms with van der Waals surface area (Å²) in [5.41, 5.74) is 1.88. The number of nitrogens with zero attached hydrogens (tertiary/aromatic N) is 7. The minimum absolute atomic E-state index is 0.0559. The minimum Gasteiger partial charge on any atom is -0.342 e. The van der Waals surface area contributed by atoms with Crippen molar-refractivity contribution in [3.8, 4) is 17.5 Å². The quantitative estimate of drug-likeness (QED) is 0.337. The molecule has 0 fully saturated rings. The first kappa shape index (κ1) is 20.4. The van der Waals surface area contributed by atoms with Crippen LogP contribution in [0.2, 0.25) is 0 Å². The molecule has 0 saturated heterocycles. The molecule has 1 atom stereocenters. The zero-order valence-corrected chi connectivity index (χ0v) is 22.6. The number of benzene rings is 2. The largest absolute Gasteiger partial charge is 0.342 e. The Morgan fingerprint density at radius 1 is 1.10 bits per heavy atom. The Labute approximate surface area is 242 Å². The zero-order valence-electron chi connectivity index (χ0n) is 27.6. The van der Waals surface area contributed by atoms with Gasteiger partial charge in [0, 0.05) is 25.0 Å². The molecule has 6 rings (SSSR count). The molecule has 202 valence electrons. The third-order valence-electron chi connectivity index (χ3n) is 6.73. The highest BCUT2D eigenvalue weighted by atomic mass is 16.2. The van der Waals surface area contributed by atoms with Gasteiger partial charge >= 0.3 is 0 Å². The van der Waals surface area contributed by atoms with E-state index >= 15 is 0 Å². The van der Waals surface area contributed by atoms with E-state index < -0.39 is 53.4 Å². The molecule has 41 heavy (non-hydrogen) atoms. The first-order valence-corrected chi connectivity index (χ1v) is 12.6. The summed E-state index contributed by atoms with van der Waals surface area (Å²) in [5.74, 6) is 5.45. The van der Waals surface area contributed by atoms with Gasteiger partial charge in [-0.25, -0.2) is 14.5 Å². The predicted molar refractivity (Wildman–Crippen MR) is 155 cm³/mol. The molecule has 0 aliphatic rings. The van der Waals surface area contributed by atoms with Crippen molar-refractivity contribution < 1.29 is 11.6 Å². The summed E-state index contributed by atoms with van der Waals surface area (Å²) in [5, 5.41) is 11.5. The van der Waals surface area contributed by atoms with Gasteiger partial charge in [0.1, 0.15) is 11.4 Å². The number of rotatable bonds is 4. The van der Waals surface area contributed by atoms with E-state index in [-0.39, 0.29) is 22.3 Å². The van der Waals surface area contributed by atoms with Gasteiger partial charge in [-0.1, -0.05) is 36.0 Å². The van der Waals surface area contributed by atoms with E-state index in [1.807, 2.05) is 6.92 Å². The molecule has 6 aromatic rings. The highest BCUT2D eigenvalue weighted by Gasteiger charge is 2.24. The normalized spacial score (nSPS) is 13.5. The zero-order chi connectivity index (χ0) is 33.0. The number of amides is 1. The maximum atomic E-state index is 14.5. The van der Waals surface area contributed by atoms with E-state index in [4.69, 9.17) is 11.8 Å². The van der Waals surface area contributed by atoms with Crippen molar-refractivity contribution >= 4 is 22.5 Å². The van der Waals surface area contributed by atoms with Gasteiger partial charge in [0.15, 0.2) is 5.65 Å². The van der Waals surface area contributed by atoms with Crippen LogP contribution in [0, 0.1) is 25.7 Å². The van der Waals surface area contributed by atoms with Crippen LogP contribution in [0.25, 0.3) is 22.2 Å². The Kier molecular flexibility index (Phi) is 5.07. The fourth-order valence-corrected chi connectivity index (χ4v) is 4.57. The molecule has 0 saturated carbocycles. The smallest absolute Gasteiger partial charge is 0.267 e. The SMILES string of the molecule is [2H]c1c([2H])c([2H])c(-n2c(C(C)NC(=O)c3c(C)nn4cccnc34)nc3cccc(C#Cc4cnn(C)c4C)c3c2=O)c([2H])c1[2H]. The molecule has 4 aromatic heterocycles. The number of fused-ring (bicyclic) bond motifs is 2. The van der Waals surface area contributed by atoms with Crippen molar-refractivity contribution in [3.63, 3.8) is 0 Å². The van der Waals surface area contributed by atoms with E-state index in [9.17, 15) is 9.59 Å². The van der Waals surface area contributed by atoms with Crippen LogP contribution in [0.3, 0.4) is 0 Å². The Morgan fingerprint density at radius 3 is 2.63 bits per heavy atom. The van der Waals surface area contributed by atoms with Crippen LogP contribution in [0.15, 0.2) is 77.9 Å². The Morgan fingerprint density at radius 2 is 1.88 bits per heavy atom. The van der Waals surface area contributed by atoms with Gasteiger partial charge in [-0.15, -0.1) is 0 Å². The fourth-order valence-electron chi connectivity index (χ4n) is 4.57. The summed E-state index contributed by atoms with van der Waals surface area (Å²) < 4.78 is 46.0. The number of carbonyl (C=O) groups excluding carboxylic acids is 1. The van der Waals surface area contributed by atoms with Crippen LogP contribution in [0.5, 0.6) is 0 Å². The molecule has 1 N–H and O–H groups in total. The second kappa shape index (κ2) is 10.2. The average Bonchev–Trinajstić information content (AvgIpc) is 3.55. The van der Waals surface area contributed by atoms with E-state index in [0.29, 0.717) is 22.5 Å². The lowest BCUT2D eigenvalue weighted by Crippen LogP contribution is -2.33. The molecule has 0 aliphatic heterocycles.